The molecular formula is C24H28N6O. The molecule has 1 unspecified atom stereocenters. The number of hydrogen-bond acceptors (Lipinski definition) is 4. The van der Waals surface area contributed by atoms with Crippen LogP contribution in [-0.4, -0.2) is 81.8 Å². The Bertz CT molecular complexity index is 1160. The number of likely N-dealkylation sites (tertiary alicyclic amines) is 2. The molecule has 2 fully saturated rings. The average Bonchev–Trinajstić information content (AvgIpc) is 3.46. The zero-order valence-corrected chi connectivity index (χ0v) is 18.2. The average molecular weight is 417 g/mol. The third-order valence-electron chi connectivity index (χ3n) is 7.43. The first-order valence-corrected chi connectivity index (χ1v) is 11.2. The van der Waals surface area contributed by atoms with Crippen LogP contribution in [0.5, 0.6) is 0 Å². The fraction of sp³-hybridized carbons (Fsp3) is 0.458. The maximum Gasteiger partial charge on any atom is 0.320 e. The van der Waals surface area contributed by atoms with Gasteiger partial charge in [-0.2, -0.15) is 5.10 Å². The van der Waals surface area contributed by atoms with E-state index >= 15 is 0 Å². The second kappa shape index (κ2) is 6.79. The van der Waals surface area contributed by atoms with E-state index in [1.807, 2.05) is 34.2 Å². The van der Waals surface area contributed by atoms with Crippen LogP contribution in [0.4, 0.5) is 4.79 Å². The second-order valence-corrected chi connectivity index (χ2v) is 9.58. The van der Waals surface area contributed by atoms with Crippen LogP contribution in [0, 0.1) is 0 Å². The number of fused-ring (bicyclic) bond motifs is 3. The first-order valence-electron chi connectivity index (χ1n) is 11.2. The Morgan fingerprint density at radius 2 is 1.97 bits per heavy atom. The van der Waals surface area contributed by atoms with Crippen LogP contribution in [0.25, 0.3) is 22.2 Å². The van der Waals surface area contributed by atoms with Crippen molar-refractivity contribution in [3.8, 4) is 11.3 Å². The van der Waals surface area contributed by atoms with Crippen molar-refractivity contribution in [3.05, 3.63) is 48.3 Å². The Balaban J connectivity index is 1.19. The van der Waals surface area contributed by atoms with Gasteiger partial charge in [-0.3, -0.25) is 9.67 Å². The molecule has 5 heterocycles. The predicted octanol–water partition coefficient (Wildman–Crippen LogP) is 2.81. The monoisotopic (exact) mass is 416 g/mol. The van der Waals surface area contributed by atoms with E-state index in [0.717, 1.165) is 67.7 Å². The number of para-hydroxylation sites is 1. The molecule has 2 amide bonds. The number of urea groups is 1. The number of rotatable bonds is 2. The number of hydrogen-bond donors (Lipinski definition) is 0. The van der Waals surface area contributed by atoms with E-state index in [2.05, 4.69) is 46.9 Å². The van der Waals surface area contributed by atoms with Crippen LogP contribution in [0.1, 0.15) is 18.5 Å². The summed E-state index contributed by atoms with van der Waals surface area (Å²) in [6.07, 6.45) is 4.04. The normalized spacial score (nSPS) is 21.8. The fourth-order valence-corrected chi connectivity index (χ4v) is 5.49. The topological polar surface area (TPSA) is 57.5 Å². The van der Waals surface area contributed by atoms with Gasteiger partial charge in [0, 0.05) is 67.0 Å². The number of nitrogens with zero attached hydrogens (tertiary/aromatic N) is 6. The molecule has 2 aromatic heterocycles. The molecule has 0 radical (unpaired) electrons. The fourth-order valence-electron chi connectivity index (χ4n) is 5.49. The van der Waals surface area contributed by atoms with Crippen molar-refractivity contribution in [3.63, 3.8) is 0 Å². The van der Waals surface area contributed by atoms with Gasteiger partial charge in [-0.1, -0.05) is 18.2 Å². The van der Waals surface area contributed by atoms with Crippen LogP contribution < -0.4 is 0 Å². The van der Waals surface area contributed by atoms with Gasteiger partial charge in [0.25, 0.3) is 0 Å². The Morgan fingerprint density at radius 3 is 2.77 bits per heavy atom. The SMILES string of the molecule is CN(C)C1CCN(C(=O)N2CC3(CCn4nc(-c5cnc6ccccc6c5)cc43)C2)C1. The molecular weight excluding hydrogens is 388 g/mol. The highest BCUT2D eigenvalue weighted by Gasteiger charge is 2.52. The first-order chi connectivity index (χ1) is 15.0. The van der Waals surface area contributed by atoms with E-state index in [1.165, 1.54) is 5.69 Å². The summed E-state index contributed by atoms with van der Waals surface area (Å²) in [6.45, 7) is 4.23. The molecule has 0 aliphatic carbocycles. The smallest absolute Gasteiger partial charge is 0.320 e. The number of amides is 2. The Labute approximate surface area is 182 Å². The van der Waals surface area contributed by atoms with Crippen molar-refractivity contribution in [1.29, 1.82) is 0 Å². The summed E-state index contributed by atoms with van der Waals surface area (Å²) >= 11 is 0. The summed E-state index contributed by atoms with van der Waals surface area (Å²) in [4.78, 5) is 23.9. The van der Waals surface area contributed by atoms with Crippen molar-refractivity contribution in [2.45, 2.75) is 30.8 Å². The minimum absolute atomic E-state index is 0.0614. The Hall–Kier alpha value is -2.93. The van der Waals surface area contributed by atoms with E-state index < -0.39 is 0 Å². The molecule has 3 aromatic rings. The lowest BCUT2D eigenvalue weighted by Crippen LogP contribution is -2.62. The van der Waals surface area contributed by atoms with Gasteiger partial charge in [-0.05, 0) is 45.1 Å². The van der Waals surface area contributed by atoms with Gasteiger partial charge in [0.05, 0.1) is 11.2 Å². The molecule has 0 bridgehead atoms. The highest BCUT2D eigenvalue weighted by Crippen LogP contribution is 2.44. The van der Waals surface area contributed by atoms with Crippen LogP contribution in [0.3, 0.4) is 0 Å². The first kappa shape index (κ1) is 18.8. The largest absolute Gasteiger partial charge is 0.323 e. The van der Waals surface area contributed by atoms with E-state index in [1.54, 1.807) is 0 Å². The van der Waals surface area contributed by atoms with Crippen LogP contribution in [0.2, 0.25) is 0 Å². The van der Waals surface area contributed by atoms with Gasteiger partial charge in [0.2, 0.25) is 0 Å². The maximum atomic E-state index is 13.0. The zero-order valence-electron chi connectivity index (χ0n) is 18.2. The minimum Gasteiger partial charge on any atom is -0.323 e. The third kappa shape index (κ3) is 2.94. The number of pyridine rings is 1. The number of aryl methyl sites for hydroxylation is 1. The van der Waals surface area contributed by atoms with Gasteiger partial charge in [-0.15, -0.1) is 0 Å². The molecule has 2 saturated heterocycles. The predicted molar refractivity (Wildman–Crippen MR) is 120 cm³/mol. The lowest BCUT2D eigenvalue weighted by Gasteiger charge is -2.48. The van der Waals surface area contributed by atoms with E-state index in [4.69, 9.17) is 5.10 Å². The number of carbonyl (C=O) groups is 1. The summed E-state index contributed by atoms with van der Waals surface area (Å²) in [7, 11) is 4.19. The third-order valence-corrected chi connectivity index (χ3v) is 7.43. The summed E-state index contributed by atoms with van der Waals surface area (Å²) < 4.78 is 2.14. The molecule has 7 heteroatoms. The molecule has 0 saturated carbocycles. The van der Waals surface area contributed by atoms with Crippen LogP contribution in [-0.2, 0) is 12.0 Å². The Morgan fingerprint density at radius 1 is 1.13 bits per heavy atom. The second-order valence-electron chi connectivity index (χ2n) is 9.58. The Kier molecular flexibility index (Phi) is 4.12. The van der Waals surface area contributed by atoms with Crippen LogP contribution >= 0.6 is 0 Å². The van der Waals surface area contributed by atoms with Gasteiger partial charge in [0.1, 0.15) is 0 Å². The lowest BCUT2D eigenvalue weighted by atomic mass is 9.76. The maximum absolute atomic E-state index is 13.0. The number of carbonyl (C=O) groups excluding carboxylic acids is 1. The van der Waals surface area contributed by atoms with Gasteiger partial charge in [-0.25, -0.2) is 4.79 Å². The highest BCUT2D eigenvalue weighted by molar-refractivity contribution is 5.83. The zero-order chi connectivity index (χ0) is 21.2. The lowest BCUT2D eigenvalue weighted by molar-refractivity contribution is 0.0713. The molecule has 6 rings (SSSR count). The van der Waals surface area contributed by atoms with Crippen molar-refractivity contribution in [2.24, 2.45) is 0 Å². The minimum atomic E-state index is 0.0614. The summed E-state index contributed by atoms with van der Waals surface area (Å²) in [5, 5.41) is 6.01. The molecule has 3 aliphatic heterocycles. The molecule has 160 valence electrons. The summed E-state index contributed by atoms with van der Waals surface area (Å²) in [5.74, 6) is 0. The molecule has 31 heavy (non-hydrogen) atoms. The molecule has 3 aliphatic rings. The molecule has 0 N–H and O–H groups in total. The standard InChI is InChI=1S/C24H28N6O/c1-27(2)19-7-9-28(14-19)23(31)29-15-24(16-29)8-10-30-22(24)12-21(26-30)18-11-17-5-3-4-6-20(17)25-13-18/h3-6,11-13,19H,7-10,14-16H2,1-2H3. The molecule has 1 spiro atoms. The van der Waals surface area contributed by atoms with Gasteiger partial charge in [0.15, 0.2) is 0 Å². The van der Waals surface area contributed by atoms with Gasteiger partial charge < -0.3 is 14.7 Å². The molecule has 1 aromatic carbocycles. The number of likely N-dealkylation sites (N-methyl/N-ethyl adjacent to an activating group) is 1. The summed E-state index contributed by atoms with van der Waals surface area (Å²) in [6, 6.07) is 13.2. The quantitative estimate of drug-likeness (QED) is 0.645. The number of benzene rings is 1. The number of aromatic nitrogens is 3. The summed E-state index contributed by atoms with van der Waals surface area (Å²) in [5.41, 5.74) is 4.36. The van der Waals surface area contributed by atoms with Crippen LogP contribution in [0.15, 0.2) is 42.6 Å². The highest BCUT2D eigenvalue weighted by atomic mass is 16.2. The van der Waals surface area contributed by atoms with Crippen molar-refractivity contribution >= 4 is 16.9 Å². The van der Waals surface area contributed by atoms with E-state index in [9.17, 15) is 4.79 Å². The van der Waals surface area contributed by atoms with E-state index in [0.29, 0.717) is 6.04 Å². The van der Waals surface area contributed by atoms with E-state index in [-0.39, 0.29) is 11.4 Å². The van der Waals surface area contributed by atoms with Crippen molar-refractivity contribution in [1.82, 2.24) is 29.5 Å². The molecule has 7 nitrogen and oxygen atoms in total. The van der Waals surface area contributed by atoms with Crippen molar-refractivity contribution < 1.29 is 4.79 Å². The van der Waals surface area contributed by atoms with Crippen molar-refractivity contribution in [2.75, 3.05) is 40.3 Å². The molecule has 1 atom stereocenters. The van der Waals surface area contributed by atoms with Gasteiger partial charge >= 0.3 is 6.03 Å².